The normalized spacial score (nSPS) is 19.9. The van der Waals surface area contributed by atoms with Crippen LogP contribution in [0.1, 0.15) is 16.1 Å². The maximum atomic E-state index is 14.4. The second-order valence-electron chi connectivity index (χ2n) is 6.35. The van der Waals surface area contributed by atoms with Crippen LogP contribution in [0.15, 0.2) is 58.9 Å². The van der Waals surface area contributed by atoms with Crippen molar-refractivity contribution in [1.82, 2.24) is 19.8 Å². The Morgan fingerprint density at radius 3 is 2.46 bits per heavy atom. The van der Waals surface area contributed by atoms with E-state index in [1.54, 1.807) is 34.1 Å². The van der Waals surface area contributed by atoms with Crippen molar-refractivity contribution < 1.29 is 14.0 Å². The third kappa shape index (κ3) is 3.51. The molecule has 1 aromatic carbocycles. The number of amides is 2. The molecule has 2 aliphatic heterocycles. The summed E-state index contributed by atoms with van der Waals surface area (Å²) in [7, 11) is 0. The number of alkyl halides is 1. The number of halogens is 1. The van der Waals surface area contributed by atoms with Gasteiger partial charge < -0.3 is 9.80 Å². The lowest BCUT2D eigenvalue weighted by Gasteiger charge is -2.35. The Hall–Kier alpha value is -3.49. The van der Waals surface area contributed by atoms with Gasteiger partial charge in [0.1, 0.15) is 5.69 Å². The fourth-order valence-electron chi connectivity index (χ4n) is 3.10. The Morgan fingerprint density at radius 2 is 1.79 bits per heavy atom. The van der Waals surface area contributed by atoms with Gasteiger partial charge in [-0.15, -0.1) is 0 Å². The molecule has 1 saturated heterocycles. The average Bonchev–Trinajstić information content (AvgIpc) is 2.76. The Labute approximate surface area is 160 Å². The smallest absolute Gasteiger partial charge is 0.289 e. The molecule has 2 aromatic rings. The lowest BCUT2D eigenvalue weighted by molar-refractivity contribution is -0.120. The molecule has 0 N–H and O–H groups in total. The molecule has 9 heteroatoms. The van der Waals surface area contributed by atoms with Crippen LogP contribution in [0.25, 0.3) is 0 Å². The van der Waals surface area contributed by atoms with Crippen molar-refractivity contribution in [3.05, 3.63) is 60.2 Å². The van der Waals surface area contributed by atoms with Crippen molar-refractivity contribution in [2.24, 2.45) is 9.98 Å². The summed E-state index contributed by atoms with van der Waals surface area (Å²) in [6.07, 6.45) is 2.54. The highest BCUT2D eigenvalue weighted by atomic mass is 19.1. The first kappa shape index (κ1) is 17.9. The molecule has 0 aliphatic carbocycles. The minimum Gasteiger partial charge on any atom is -0.337 e. The molecule has 28 heavy (non-hydrogen) atoms. The summed E-state index contributed by atoms with van der Waals surface area (Å²) in [6, 6.07) is 8.75. The predicted octanol–water partition coefficient (Wildman–Crippen LogP) is 0.958. The molecule has 2 amide bonds. The van der Waals surface area contributed by atoms with E-state index >= 15 is 0 Å². The first-order chi connectivity index (χ1) is 13.6. The van der Waals surface area contributed by atoms with E-state index in [2.05, 4.69) is 20.0 Å². The largest absolute Gasteiger partial charge is 0.337 e. The lowest BCUT2D eigenvalue weighted by atomic mass is 10.0. The molecule has 3 heterocycles. The Morgan fingerprint density at radius 1 is 1.04 bits per heavy atom. The zero-order chi connectivity index (χ0) is 19.5. The van der Waals surface area contributed by atoms with Crippen LogP contribution in [0, 0.1) is 0 Å². The SMILES string of the molecule is O=C1N=C(N2CCN(C(=O)c3cnccn3)CC2)N=C(c2ccccc2)C1F. The van der Waals surface area contributed by atoms with E-state index in [4.69, 9.17) is 0 Å². The highest BCUT2D eigenvalue weighted by Gasteiger charge is 2.33. The standard InChI is InChI=1S/C19H17FN6O2/c20-15-16(13-4-2-1-3-5-13)23-19(24-17(15)27)26-10-8-25(9-11-26)18(28)14-12-21-6-7-22-14/h1-7,12,15H,8-11H2. The molecule has 0 spiro atoms. The minimum absolute atomic E-state index is 0.0636. The summed E-state index contributed by atoms with van der Waals surface area (Å²) in [5, 5.41) is 0. The number of hydrogen-bond donors (Lipinski definition) is 0. The van der Waals surface area contributed by atoms with Gasteiger partial charge in [0.15, 0.2) is 0 Å². The van der Waals surface area contributed by atoms with E-state index < -0.39 is 12.1 Å². The first-order valence-corrected chi connectivity index (χ1v) is 8.84. The summed E-state index contributed by atoms with van der Waals surface area (Å²) in [5.74, 6) is -0.877. The lowest BCUT2D eigenvalue weighted by Crippen LogP contribution is -2.51. The molecule has 0 bridgehead atoms. The summed E-state index contributed by atoms with van der Waals surface area (Å²) in [6.45, 7) is 1.69. The van der Waals surface area contributed by atoms with Crippen molar-refractivity contribution in [3.63, 3.8) is 0 Å². The zero-order valence-electron chi connectivity index (χ0n) is 14.9. The maximum Gasteiger partial charge on any atom is 0.289 e. The highest BCUT2D eigenvalue weighted by Crippen LogP contribution is 2.16. The van der Waals surface area contributed by atoms with Crippen molar-refractivity contribution in [2.75, 3.05) is 26.2 Å². The van der Waals surface area contributed by atoms with Gasteiger partial charge in [-0.3, -0.25) is 14.6 Å². The monoisotopic (exact) mass is 380 g/mol. The zero-order valence-corrected chi connectivity index (χ0v) is 14.9. The molecular weight excluding hydrogens is 363 g/mol. The molecule has 1 fully saturated rings. The third-order valence-corrected chi connectivity index (χ3v) is 4.59. The number of hydrogen-bond acceptors (Lipinski definition) is 6. The van der Waals surface area contributed by atoms with Crippen molar-refractivity contribution in [2.45, 2.75) is 6.17 Å². The first-order valence-electron chi connectivity index (χ1n) is 8.84. The van der Waals surface area contributed by atoms with Gasteiger partial charge in [0, 0.05) is 38.6 Å². The van der Waals surface area contributed by atoms with Crippen LogP contribution in [-0.4, -0.2) is 75.6 Å². The third-order valence-electron chi connectivity index (χ3n) is 4.59. The average molecular weight is 380 g/mol. The molecule has 0 saturated carbocycles. The predicted molar refractivity (Wildman–Crippen MR) is 99.8 cm³/mol. The summed E-state index contributed by atoms with van der Waals surface area (Å²) in [5.41, 5.74) is 0.895. The van der Waals surface area contributed by atoms with Crippen molar-refractivity contribution >= 4 is 23.5 Å². The molecule has 1 aromatic heterocycles. The number of aromatic nitrogens is 2. The van der Waals surface area contributed by atoms with Crippen molar-refractivity contribution in [1.29, 1.82) is 0 Å². The topological polar surface area (TPSA) is 91.1 Å². The highest BCUT2D eigenvalue weighted by molar-refractivity contribution is 6.23. The fourth-order valence-corrected chi connectivity index (χ4v) is 3.10. The van der Waals surface area contributed by atoms with E-state index in [0.717, 1.165) is 0 Å². The van der Waals surface area contributed by atoms with Crippen LogP contribution in [0.4, 0.5) is 4.39 Å². The van der Waals surface area contributed by atoms with Crippen LogP contribution in [-0.2, 0) is 4.79 Å². The molecule has 1 atom stereocenters. The Balaban J connectivity index is 1.48. The second-order valence-corrected chi connectivity index (χ2v) is 6.35. The molecule has 4 rings (SSSR count). The summed E-state index contributed by atoms with van der Waals surface area (Å²) >= 11 is 0. The van der Waals surface area contributed by atoms with E-state index in [9.17, 15) is 14.0 Å². The van der Waals surface area contributed by atoms with Crippen LogP contribution in [0.2, 0.25) is 0 Å². The van der Waals surface area contributed by atoms with Gasteiger partial charge in [-0.25, -0.2) is 14.4 Å². The van der Waals surface area contributed by atoms with Gasteiger partial charge in [0.2, 0.25) is 12.1 Å². The summed E-state index contributed by atoms with van der Waals surface area (Å²) < 4.78 is 14.4. The number of guanidine groups is 1. The Kier molecular flexibility index (Phi) is 4.88. The van der Waals surface area contributed by atoms with Gasteiger partial charge in [-0.1, -0.05) is 30.3 Å². The summed E-state index contributed by atoms with van der Waals surface area (Å²) in [4.78, 5) is 44.0. The van der Waals surface area contributed by atoms with E-state index in [-0.39, 0.29) is 23.3 Å². The Bertz CT molecular complexity index is 939. The van der Waals surface area contributed by atoms with Crippen LogP contribution >= 0.6 is 0 Å². The molecule has 1 unspecified atom stereocenters. The van der Waals surface area contributed by atoms with Crippen LogP contribution in [0.5, 0.6) is 0 Å². The van der Waals surface area contributed by atoms with Crippen LogP contribution < -0.4 is 0 Å². The van der Waals surface area contributed by atoms with E-state index in [1.165, 1.54) is 18.6 Å². The number of nitrogens with zero attached hydrogens (tertiary/aromatic N) is 6. The molecular formula is C19H17FN6O2. The van der Waals surface area contributed by atoms with E-state index in [1.807, 2.05) is 6.07 Å². The maximum absolute atomic E-state index is 14.4. The van der Waals surface area contributed by atoms with Gasteiger partial charge in [-0.2, -0.15) is 4.99 Å². The number of aliphatic imine (C=N–C) groups is 2. The number of benzene rings is 1. The molecule has 8 nitrogen and oxygen atoms in total. The number of carbonyl (C=O) groups is 2. The van der Waals surface area contributed by atoms with Crippen LogP contribution in [0.3, 0.4) is 0 Å². The second kappa shape index (κ2) is 7.63. The van der Waals surface area contributed by atoms with Crippen molar-refractivity contribution in [3.8, 4) is 0 Å². The van der Waals surface area contributed by atoms with Gasteiger partial charge >= 0.3 is 0 Å². The minimum atomic E-state index is -1.87. The van der Waals surface area contributed by atoms with Gasteiger partial charge in [0.05, 0.1) is 11.9 Å². The number of carbonyl (C=O) groups excluding carboxylic acids is 2. The van der Waals surface area contributed by atoms with Gasteiger partial charge in [-0.05, 0) is 5.56 Å². The molecule has 2 aliphatic rings. The number of piperazine rings is 1. The molecule has 142 valence electrons. The van der Waals surface area contributed by atoms with E-state index in [0.29, 0.717) is 31.7 Å². The fraction of sp³-hybridized carbons (Fsp3) is 0.263. The number of rotatable bonds is 2. The van der Waals surface area contributed by atoms with Gasteiger partial charge in [0.25, 0.3) is 11.8 Å². The molecule has 0 radical (unpaired) electrons. The quantitative estimate of drug-likeness (QED) is 0.774.